The third-order valence-corrected chi connectivity index (χ3v) is 5.29. The third-order valence-electron chi connectivity index (χ3n) is 2.68. The van der Waals surface area contributed by atoms with Gasteiger partial charge in [-0.3, -0.25) is 0 Å². The van der Waals surface area contributed by atoms with Crippen molar-refractivity contribution < 1.29 is 8.42 Å². The van der Waals surface area contributed by atoms with Gasteiger partial charge in [-0.15, -0.1) is 0 Å². The van der Waals surface area contributed by atoms with E-state index in [2.05, 4.69) is 4.90 Å². The van der Waals surface area contributed by atoms with E-state index in [9.17, 15) is 8.42 Å². The first-order chi connectivity index (χ1) is 5.35. The summed E-state index contributed by atoms with van der Waals surface area (Å²) in [4.78, 5) is 2.08. The second-order valence-electron chi connectivity index (χ2n) is 4.13. The van der Waals surface area contributed by atoms with Crippen LogP contribution in [-0.4, -0.2) is 44.0 Å². The minimum absolute atomic E-state index is 0.302. The zero-order chi connectivity index (χ0) is 9.41. The lowest BCUT2D eigenvalue weighted by Gasteiger charge is -2.21. The molecule has 3 nitrogen and oxygen atoms in total. The molecule has 0 N–H and O–H groups in total. The molecular weight excluding hydrogens is 174 g/mol. The van der Waals surface area contributed by atoms with Crippen molar-refractivity contribution in [3.63, 3.8) is 0 Å². The Morgan fingerprint density at radius 2 is 1.83 bits per heavy atom. The fourth-order valence-electron chi connectivity index (χ4n) is 1.28. The van der Waals surface area contributed by atoms with E-state index < -0.39 is 14.6 Å². The second-order valence-corrected chi connectivity index (χ2v) is 6.87. The summed E-state index contributed by atoms with van der Waals surface area (Å²) in [7, 11) is -0.903. The van der Waals surface area contributed by atoms with Crippen molar-refractivity contribution >= 4 is 9.84 Å². The van der Waals surface area contributed by atoms with Crippen molar-refractivity contribution in [2.24, 2.45) is 0 Å². The largest absolute Gasteiger partial charge is 0.305 e. The van der Waals surface area contributed by atoms with Gasteiger partial charge in [0.25, 0.3) is 0 Å². The molecule has 0 aromatic carbocycles. The molecule has 1 heterocycles. The highest BCUT2D eigenvalue weighted by atomic mass is 32.2. The molecule has 1 aliphatic heterocycles. The van der Waals surface area contributed by atoms with Gasteiger partial charge < -0.3 is 4.90 Å². The molecule has 12 heavy (non-hydrogen) atoms. The van der Waals surface area contributed by atoms with Crippen LogP contribution in [0.15, 0.2) is 0 Å². The van der Waals surface area contributed by atoms with Crippen LogP contribution in [0.4, 0.5) is 0 Å². The van der Waals surface area contributed by atoms with E-state index in [0.717, 1.165) is 13.0 Å². The Bertz CT molecular complexity index is 256. The Hall–Kier alpha value is -0.0900. The van der Waals surface area contributed by atoms with Crippen molar-refractivity contribution in [2.75, 3.05) is 25.9 Å². The van der Waals surface area contributed by atoms with E-state index >= 15 is 0 Å². The van der Waals surface area contributed by atoms with Crippen LogP contribution >= 0.6 is 0 Å². The minimum Gasteiger partial charge on any atom is -0.305 e. The van der Waals surface area contributed by atoms with Gasteiger partial charge in [0.15, 0.2) is 9.84 Å². The summed E-state index contributed by atoms with van der Waals surface area (Å²) in [5.74, 6) is 0.302. The highest BCUT2D eigenvalue weighted by molar-refractivity contribution is 7.92. The highest BCUT2D eigenvalue weighted by Gasteiger charge is 2.35. The van der Waals surface area contributed by atoms with Crippen LogP contribution in [0, 0.1) is 0 Å². The number of rotatable bonds is 0. The molecule has 0 spiro atoms. The Kier molecular flexibility index (Phi) is 2.50. The lowest BCUT2D eigenvalue weighted by molar-refractivity contribution is 0.345. The molecule has 0 amide bonds. The zero-order valence-corrected chi connectivity index (χ0v) is 8.82. The molecule has 0 saturated carbocycles. The maximum Gasteiger partial charge on any atom is 0.156 e. The van der Waals surface area contributed by atoms with Crippen molar-refractivity contribution in [3.05, 3.63) is 0 Å². The molecule has 0 unspecified atom stereocenters. The van der Waals surface area contributed by atoms with E-state index in [1.807, 2.05) is 20.9 Å². The summed E-state index contributed by atoms with van der Waals surface area (Å²) >= 11 is 0. The second kappa shape index (κ2) is 3.00. The Morgan fingerprint density at radius 3 is 2.42 bits per heavy atom. The maximum atomic E-state index is 11.6. The molecule has 0 aromatic rings. The Balaban J connectivity index is 2.90. The van der Waals surface area contributed by atoms with Crippen LogP contribution in [0.1, 0.15) is 20.3 Å². The smallest absolute Gasteiger partial charge is 0.156 e. The van der Waals surface area contributed by atoms with E-state index in [0.29, 0.717) is 12.3 Å². The summed E-state index contributed by atoms with van der Waals surface area (Å²) in [6, 6.07) is 0. The van der Waals surface area contributed by atoms with Crippen molar-refractivity contribution in [3.8, 4) is 0 Å². The van der Waals surface area contributed by atoms with Crippen LogP contribution in [0.25, 0.3) is 0 Å². The molecule has 0 bridgehead atoms. The first kappa shape index (κ1) is 9.99. The first-order valence-electron chi connectivity index (χ1n) is 4.26. The Labute approximate surface area is 74.7 Å². The average molecular weight is 191 g/mol. The normalized spacial score (nSPS) is 29.6. The van der Waals surface area contributed by atoms with Crippen LogP contribution in [0.3, 0.4) is 0 Å². The number of hydrogen-bond donors (Lipinski definition) is 0. The Morgan fingerprint density at radius 1 is 1.25 bits per heavy atom. The summed E-state index contributed by atoms with van der Waals surface area (Å²) in [5.41, 5.74) is 0. The van der Waals surface area contributed by atoms with Crippen molar-refractivity contribution in [1.82, 2.24) is 4.90 Å². The third kappa shape index (κ3) is 1.80. The van der Waals surface area contributed by atoms with Gasteiger partial charge in [0.1, 0.15) is 0 Å². The van der Waals surface area contributed by atoms with E-state index in [1.165, 1.54) is 0 Å². The van der Waals surface area contributed by atoms with Crippen LogP contribution in [0.5, 0.6) is 0 Å². The molecule has 0 aliphatic carbocycles. The van der Waals surface area contributed by atoms with Gasteiger partial charge in [-0.05, 0) is 33.9 Å². The number of nitrogens with zero attached hydrogens (tertiary/aromatic N) is 1. The van der Waals surface area contributed by atoms with Gasteiger partial charge >= 0.3 is 0 Å². The lowest BCUT2D eigenvalue weighted by Crippen LogP contribution is -2.33. The summed E-state index contributed by atoms with van der Waals surface area (Å²) in [6.45, 7) is 5.20. The molecule has 1 rings (SSSR count). The predicted octanol–water partition coefficient (Wildman–Crippen LogP) is 0.515. The number of hydrogen-bond acceptors (Lipinski definition) is 3. The summed E-state index contributed by atoms with van der Waals surface area (Å²) in [6.07, 6.45) is 0.742. The first-order valence-corrected chi connectivity index (χ1v) is 5.91. The highest BCUT2D eigenvalue weighted by Crippen LogP contribution is 2.24. The topological polar surface area (TPSA) is 37.4 Å². The van der Waals surface area contributed by atoms with E-state index in [1.54, 1.807) is 0 Å². The average Bonchev–Trinajstić information content (AvgIpc) is 2.02. The van der Waals surface area contributed by atoms with Crippen molar-refractivity contribution in [2.45, 2.75) is 25.0 Å². The van der Waals surface area contributed by atoms with Gasteiger partial charge in [0, 0.05) is 6.54 Å². The molecule has 72 valence electrons. The van der Waals surface area contributed by atoms with Gasteiger partial charge in [0.2, 0.25) is 0 Å². The molecule has 0 atom stereocenters. The van der Waals surface area contributed by atoms with E-state index in [4.69, 9.17) is 0 Å². The van der Waals surface area contributed by atoms with Crippen LogP contribution in [-0.2, 0) is 9.84 Å². The summed E-state index contributed by atoms with van der Waals surface area (Å²) in [5, 5.41) is 0. The van der Waals surface area contributed by atoms with Gasteiger partial charge in [-0.25, -0.2) is 8.42 Å². The quantitative estimate of drug-likeness (QED) is 0.560. The standard InChI is InChI=1S/C8H17NO2S/c1-8(2)4-5-9(3)6-7-12(8,10)11/h4-7H2,1-3H3. The van der Waals surface area contributed by atoms with E-state index in [-0.39, 0.29) is 0 Å². The summed E-state index contributed by atoms with van der Waals surface area (Å²) < 4.78 is 22.8. The van der Waals surface area contributed by atoms with Gasteiger partial charge in [0.05, 0.1) is 10.5 Å². The monoisotopic (exact) mass is 191 g/mol. The fourth-order valence-corrected chi connectivity index (χ4v) is 2.79. The van der Waals surface area contributed by atoms with Crippen LogP contribution < -0.4 is 0 Å². The number of sulfone groups is 1. The van der Waals surface area contributed by atoms with Crippen molar-refractivity contribution in [1.29, 1.82) is 0 Å². The maximum absolute atomic E-state index is 11.6. The predicted molar refractivity (Wildman–Crippen MR) is 50.0 cm³/mol. The molecular formula is C8H17NO2S. The van der Waals surface area contributed by atoms with Crippen LogP contribution in [0.2, 0.25) is 0 Å². The molecule has 1 aliphatic rings. The molecule has 0 aromatic heterocycles. The lowest BCUT2D eigenvalue weighted by atomic mass is 10.1. The fraction of sp³-hybridized carbons (Fsp3) is 1.00. The SMILES string of the molecule is CN1CCC(C)(C)S(=O)(=O)CC1. The van der Waals surface area contributed by atoms with Gasteiger partial charge in [-0.2, -0.15) is 0 Å². The molecule has 1 fully saturated rings. The molecule has 1 saturated heterocycles. The zero-order valence-electron chi connectivity index (χ0n) is 8.00. The molecule has 0 radical (unpaired) electrons. The molecule has 4 heteroatoms. The van der Waals surface area contributed by atoms with Gasteiger partial charge in [-0.1, -0.05) is 0 Å². The minimum atomic E-state index is -2.87.